The van der Waals surface area contributed by atoms with E-state index >= 15 is 0 Å². The number of alkyl halides is 3. The van der Waals surface area contributed by atoms with Gasteiger partial charge in [0.05, 0.1) is 22.4 Å². The van der Waals surface area contributed by atoms with Gasteiger partial charge in [-0.15, -0.1) is 0 Å². The van der Waals surface area contributed by atoms with Crippen LogP contribution in [0.1, 0.15) is 69.3 Å². The summed E-state index contributed by atoms with van der Waals surface area (Å²) in [5.41, 5.74) is -0.362. The molecule has 8 nitrogen and oxygen atoms in total. The smallest absolute Gasteiger partial charge is 0.408 e. The van der Waals surface area contributed by atoms with Crippen molar-refractivity contribution >= 4 is 44.9 Å². The number of carbonyl (C=O) groups excluding carboxylic acids is 3. The summed E-state index contributed by atoms with van der Waals surface area (Å²) >= 11 is 5.99. The number of rotatable bonds is 8. The molecule has 2 aromatic rings. The lowest BCUT2D eigenvalue weighted by molar-refractivity contribution is -0.135. The maximum atomic E-state index is 13.9. The van der Waals surface area contributed by atoms with E-state index in [1.54, 1.807) is 45.0 Å². The van der Waals surface area contributed by atoms with E-state index in [-0.39, 0.29) is 42.0 Å². The summed E-state index contributed by atoms with van der Waals surface area (Å²) in [5, 5.41) is 1.44. The summed E-state index contributed by atoms with van der Waals surface area (Å²) in [7, 11) is -4.23. The predicted molar refractivity (Wildman–Crippen MR) is 148 cm³/mol. The zero-order valence-corrected chi connectivity index (χ0v) is 24.6. The van der Waals surface area contributed by atoms with E-state index in [1.807, 2.05) is 0 Å². The number of fused-ring (bicyclic) bond motifs is 1. The second-order valence-corrected chi connectivity index (χ2v) is 13.6. The number of hydrogen-bond acceptors (Lipinski definition) is 6. The second-order valence-electron chi connectivity index (χ2n) is 10.9. The molecule has 2 atom stereocenters. The van der Waals surface area contributed by atoms with Crippen LogP contribution in [0, 0.1) is 0 Å². The number of halogens is 4. The van der Waals surface area contributed by atoms with Crippen LogP contribution in [-0.2, 0) is 25.9 Å². The van der Waals surface area contributed by atoms with Gasteiger partial charge in [-0.25, -0.2) is 13.2 Å². The van der Waals surface area contributed by atoms with Gasteiger partial charge in [-0.2, -0.15) is 13.2 Å². The number of carbonyl (C=O) groups is 3. The minimum atomic E-state index is -4.33. The molecule has 0 saturated heterocycles. The lowest BCUT2D eigenvalue weighted by Gasteiger charge is -2.28. The van der Waals surface area contributed by atoms with Crippen molar-refractivity contribution in [2.75, 3.05) is 4.90 Å². The number of alkyl carbamates (subject to hydrolysis) is 1. The van der Waals surface area contributed by atoms with Crippen molar-refractivity contribution in [3.05, 3.63) is 58.6 Å². The molecule has 0 bridgehead atoms. The van der Waals surface area contributed by atoms with Gasteiger partial charge in [0.1, 0.15) is 11.6 Å². The lowest BCUT2D eigenvalue weighted by atomic mass is 10.0. The van der Waals surface area contributed by atoms with E-state index < -0.39 is 57.1 Å². The number of Topliss-reactive ketones (excluding diaryl/α,β-unsaturated/α-hetero) is 1. The average Bonchev–Trinajstić information content (AvgIpc) is 2.91. The summed E-state index contributed by atoms with van der Waals surface area (Å²) in [6.07, 6.45) is -6.76. The molecular formula is C28H32ClF3N2O6S. The molecule has 0 aliphatic carbocycles. The molecule has 1 aliphatic rings. The third-order valence-corrected chi connectivity index (χ3v) is 8.87. The number of sulfone groups is 1. The minimum absolute atomic E-state index is 0.0138. The Morgan fingerprint density at radius 2 is 1.68 bits per heavy atom. The first-order chi connectivity index (χ1) is 18.9. The summed E-state index contributed by atoms with van der Waals surface area (Å²) in [5.74, 6) is -1.25. The Morgan fingerprint density at radius 1 is 1.05 bits per heavy atom. The number of amides is 2. The van der Waals surface area contributed by atoms with Gasteiger partial charge in [0, 0.05) is 23.4 Å². The van der Waals surface area contributed by atoms with Crippen molar-refractivity contribution in [2.24, 2.45) is 0 Å². The molecule has 0 fully saturated rings. The first kappa shape index (κ1) is 32.4. The highest BCUT2D eigenvalue weighted by atomic mass is 35.5. The van der Waals surface area contributed by atoms with Crippen LogP contribution >= 0.6 is 11.6 Å². The van der Waals surface area contributed by atoms with Gasteiger partial charge in [-0.3, -0.25) is 9.59 Å². The molecule has 1 heterocycles. The number of ketones is 1. The van der Waals surface area contributed by atoms with Crippen LogP contribution < -0.4 is 10.2 Å². The van der Waals surface area contributed by atoms with E-state index in [4.69, 9.17) is 16.3 Å². The summed E-state index contributed by atoms with van der Waals surface area (Å²) < 4.78 is 70.1. The number of nitrogens with one attached hydrogen (secondary N) is 1. The third-order valence-electron chi connectivity index (χ3n) is 6.41. The fourth-order valence-corrected chi connectivity index (χ4v) is 6.10. The van der Waals surface area contributed by atoms with Crippen LogP contribution in [0.3, 0.4) is 0 Å². The van der Waals surface area contributed by atoms with Gasteiger partial charge >= 0.3 is 12.3 Å². The monoisotopic (exact) mass is 616 g/mol. The third kappa shape index (κ3) is 8.45. The standard InChI is InChI=1S/C28H32ClF3N2O6S/c1-17-24(33-26(37)40-27(2,3)4)25(36)34(16-18-8-11-20(29)12-9-18)21-15-19(10-13-23(21)41(17,38)39)22(35)7-5-6-14-28(30,31)32/h8-13,15,17,24H,5-7,14,16H2,1-4H3,(H,33,37)/t17-,24+/m1/s1. The molecule has 41 heavy (non-hydrogen) atoms. The molecule has 13 heteroatoms. The van der Waals surface area contributed by atoms with E-state index in [1.165, 1.54) is 30.0 Å². The second kappa shape index (κ2) is 12.4. The van der Waals surface area contributed by atoms with Crippen LogP contribution in [0.4, 0.5) is 23.7 Å². The van der Waals surface area contributed by atoms with Gasteiger partial charge in [-0.1, -0.05) is 23.7 Å². The SMILES string of the molecule is C[C@@H]1[C@H](NC(=O)OC(C)(C)C)C(=O)N(Cc2ccc(Cl)cc2)c2cc(C(=O)CCCCC(F)(F)F)ccc2S1(=O)=O. The lowest BCUT2D eigenvalue weighted by Crippen LogP contribution is -2.54. The normalized spacial score (nSPS) is 18.8. The van der Waals surface area contributed by atoms with Gasteiger partial charge < -0.3 is 15.0 Å². The van der Waals surface area contributed by atoms with Gasteiger partial charge in [0.2, 0.25) is 0 Å². The van der Waals surface area contributed by atoms with Crippen molar-refractivity contribution in [3.63, 3.8) is 0 Å². The minimum Gasteiger partial charge on any atom is -0.444 e. The Balaban J connectivity index is 2.04. The molecule has 0 unspecified atom stereocenters. The largest absolute Gasteiger partial charge is 0.444 e. The van der Waals surface area contributed by atoms with Crippen LogP contribution in [-0.4, -0.2) is 49.3 Å². The Hall–Kier alpha value is -3.12. The maximum absolute atomic E-state index is 13.9. The first-order valence-electron chi connectivity index (χ1n) is 12.9. The van der Waals surface area contributed by atoms with E-state index in [0.29, 0.717) is 10.6 Å². The Bertz CT molecular complexity index is 1410. The zero-order chi connectivity index (χ0) is 30.8. The summed E-state index contributed by atoms with van der Waals surface area (Å²) in [6, 6.07) is 8.69. The van der Waals surface area contributed by atoms with Crippen molar-refractivity contribution in [1.29, 1.82) is 0 Å². The van der Waals surface area contributed by atoms with Gasteiger partial charge in [0.25, 0.3) is 5.91 Å². The molecule has 0 radical (unpaired) electrons. The highest BCUT2D eigenvalue weighted by Gasteiger charge is 2.45. The number of unbranched alkanes of at least 4 members (excludes halogenated alkanes) is 1. The topological polar surface area (TPSA) is 110 Å². The fraction of sp³-hybridized carbons (Fsp3) is 0.464. The molecule has 3 rings (SSSR count). The van der Waals surface area contributed by atoms with Crippen LogP contribution in [0.15, 0.2) is 47.4 Å². The number of benzene rings is 2. The fourth-order valence-electron chi connectivity index (χ4n) is 4.31. The van der Waals surface area contributed by atoms with Crippen LogP contribution in [0.2, 0.25) is 5.02 Å². The number of anilines is 1. The Labute approximate surface area is 242 Å². The molecule has 224 valence electrons. The van der Waals surface area contributed by atoms with Gasteiger partial charge in [0.15, 0.2) is 15.6 Å². The molecule has 0 aromatic heterocycles. The Kier molecular flexibility index (Phi) is 9.80. The number of hydrogen-bond donors (Lipinski definition) is 1. The van der Waals surface area contributed by atoms with Crippen molar-refractivity contribution in [3.8, 4) is 0 Å². The molecule has 2 aromatic carbocycles. The number of nitrogens with zero attached hydrogens (tertiary/aromatic N) is 1. The zero-order valence-electron chi connectivity index (χ0n) is 23.0. The maximum Gasteiger partial charge on any atom is 0.408 e. The molecular weight excluding hydrogens is 585 g/mol. The van der Waals surface area contributed by atoms with Gasteiger partial charge in [-0.05, 0) is 76.4 Å². The van der Waals surface area contributed by atoms with E-state index in [2.05, 4.69) is 5.32 Å². The van der Waals surface area contributed by atoms with E-state index in [0.717, 1.165) is 0 Å². The highest BCUT2D eigenvalue weighted by molar-refractivity contribution is 7.92. The highest BCUT2D eigenvalue weighted by Crippen LogP contribution is 2.36. The molecule has 0 spiro atoms. The number of ether oxygens (including phenoxy) is 1. The van der Waals surface area contributed by atoms with Crippen LogP contribution in [0.25, 0.3) is 0 Å². The average molecular weight is 617 g/mol. The van der Waals surface area contributed by atoms with Crippen molar-refractivity contribution in [2.45, 2.75) is 87.9 Å². The first-order valence-corrected chi connectivity index (χ1v) is 14.8. The summed E-state index contributed by atoms with van der Waals surface area (Å²) in [6.45, 7) is 6.02. The van der Waals surface area contributed by atoms with Crippen LogP contribution in [0.5, 0.6) is 0 Å². The van der Waals surface area contributed by atoms with Crippen molar-refractivity contribution < 1.29 is 40.7 Å². The summed E-state index contributed by atoms with van der Waals surface area (Å²) in [4.78, 5) is 40.4. The molecule has 1 N–H and O–H groups in total. The molecule has 2 amide bonds. The Morgan fingerprint density at radius 3 is 2.27 bits per heavy atom. The predicted octanol–water partition coefficient (Wildman–Crippen LogP) is 6.25. The molecule has 1 aliphatic heterocycles. The molecule has 0 saturated carbocycles. The quantitative estimate of drug-likeness (QED) is 0.277. The van der Waals surface area contributed by atoms with E-state index in [9.17, 15) is 36.0 Å². The van der Waals surface area contributed by atoms with Crippen molar-refractivity contribution in [1.82, 2.24) is 5.32 Å².